The number of hydrogen-bond acceptors (Lipinski definition) is 1. The first-order chi connectivity index (χ1) is 5.24. The van der Waals surface area contributed by atoms with E-state index in [9.17, 15) is 4.79 Å². The van der Waals surface area contributed by atoms with Gasteiger partial charge in [0.15, 0.2) is 0 Å². The molecular formula is C9H14O2. The van der Waals surface area contributed by atoms with E-state index in [-0.39, 0.29) is 0 Å². The number of carbonyl (C=O) groups is 1. The van der Waals surface area contributed by atoms with Crippen LogP contribution in [0.2, 0.25) is 0 Å². The van der Waals surface area contributed by atoms with Crippen molar-refractivity contribution >= 4 is 5.97 Å². The molecule has 2 heteroatoms. The predicted molar refractivity (Wildman–Crippen MR) is 43.4 cm³/mol. The number of hydrogen-bond donors (Lipinski definition) is 1. The average Bonchev–Trinajstić information content (AvgIpc) is 2.05. The molecule has 0 radical (unpaired) electrons. The molecule has 1 N–H and O–H groups in total. The highest BCUT2D eigenvalue weighted by Gasteiger charge is 2.15. The molecule has 0 bridgehead atoms. The highest BCUT2D eigenvalue weighted by Crippen LogP contribution is 2.24. The van der Waals surface area contributed by atoms with E-state index in [2.05, 4.69) is 6.92 Å². The van der Waals surface area contributed by atoms with Gasteiger partial charge in [0.1, 0.15) is 0 Å². The Morgan fingerprint density at radius 1 is 1.82 bits per heavy atom. The average molecular weight is 154 g/mol. The molecule has 0 saturated carbocycles. The Labute approximate surface area is 66.9 Å². The summed E-state index contributed by atoms with van der Waals surface area (Å²) >= 11 is 0. The molecule has 1 atom stereocenters. The van der Waals surface area contributed by atoms with Crippen molar-refractivity contribution in [2.24, 2.45) is 5.92 Å². The Bertz CT molecular complexity index is 182. The molecule has 1 aliphatic rings. The number of rotatable bonds is 2. The monoisotopic (exact) mass is 154 g/mol. The lowest BCUT2D eigenvalue weighted by molar-refractivity contribution is -0.132. The van der Waals surface area contributed by atoms with E-state index in [1.165, 1.54) is 0 Å². The van der Waals surface area contributed by atoms with E-state index >= 15 is 0 Å². The van der Waals surface area contributed by atoms with Gasteiger partial charge in [0.05, 0.1) is 0 Å². The second-order valence-corrected chi connectivity index (χ2v) is 3.06. The fourth-order valence-corrected chi connectivity index (χ4v) is 1.51. The fraction of sp³-hybridized carbons (Fsp3) is 0.667. The standard InChI is InChI=1S/C9H14O2/c1-2-7-4-3-5-8(6-7)9(10)11/h6-7H,2-5H2,1H3,(H,10,11). The van der Waals surface area contributed by atoms with Crippen LogP contribution in [0.15, 0.2) is 11.6 Å². The number of aliphatic carboxylic acids is 1. The minimum atomic E-state index is -0.733. The third-order valence-electron chi connectivity index (χ3n) is 2.26. The van der Waals surface area contributed by atoms with Crippen LogP contribution < -0.4 is 0 Å². The first-order valence-electron chi connectivity index (χ1n) is 4.18. The summed E-state index contributed by atoms with van der Waals surface area (Å²) in [5, 5.41) is 8.68. The molecule has 11 heavy (non-hydrogen) atoms. The van der Waals surface area contributed by atoms with Gasteiger partial charge in [0, 0.05) is 5.57 Å². The van der Waals surface area contributed by atoms with E-state index in [0.717, 1.165) is 25.7 Å². The zero-order valence-electron chi connectivity index (χ0n) is 6.84. The third kappa shape index (κ3) is 2.07. The molecule has 0 aromatic carbocycles. The predicted octanol–water partition coefficient (Wildman–Crippen LogP) is 2.21. The Hall–Kier alpha value is -0.790. The van der Waals surface area contributed by atoms with E-state index in [1.54, 1.807) is 0 Å². The molecule has 0 aromatic heterocycles. The van der Waals surface area contributed by atoms with Gasteiger partial charge in [0.25, 0.3) is 0 Å². The molecule has 1 aliphatic carbocycles. The van der Waals surface area contributed by atoms with Crippen LogP contribution in [0.1, 0.15) is 32.6 Å². The van der Waals surface area contributed by atoms with Crippen molar-refractivity contribution in [1.29, 1.82) is 0 Å². The highest BCUT2D eigenvalue weighted by molar-refractivity contribution is 5.86. The van der Waals surface area contributed by atoms with Crippen LogP contribution in [0, 0.1) is 5.92 Å². The zero-order chi connectivity index (χ0) is 8.27. The van der Waals surface area contributed by atoms with Gasteiger partial charge in [-0.25, -0.2) is 4.79 Å². The number of allylic oxidation sites excluding steroid dienone is 1. The van der Waals surface area contributed by atoms with E-state index < -0.39 is 5.97 Å². The quantitative estimate of drug-likeness (QED) is 0.662. The highest BCUT2D eigenvalue weighted by atomic mass is 16.4. The Kier molecular flexibility index (Phi) is 2.69. The lowest BCUT2D eigenvalue weighted by Crippen LogP contribution is -2.09. The van der Waals surface area contributed by atoms with Crippen molar-refractivity contribution in [2.75, 3.05) is 0 Å². The topological polar surface area (TPSA) is 37.3 Å². The van der Waals surface area contributed by atoms with Crippen molar-refractivity contribution in [3.8, 4) is 0 Å². The maximum atomic E-state index is 10.5. The van der Waals surface area contributed by atoms with E-state index in [0.29, 0.717) is 11.5 Å². The fourth-order valence-electron chi connectivity index (χ4n) is 1.51. The molecule has 2 nitrogen and oxygen atoms in total. The molecule has 0 spiro atoms. The molecule has 1 rings (SSSR count). The maximum absolute atomic E-state index is 10.5. The lowest BCUT2D eigenvalue weighted by atomic mass is 9.89. The molecule has 1 unspecified atom stereocenters. The Morgan fingerprint density at radius 3 is 3.09 bits per heavy atom. The van der Waals surface area contributed by atoms with E-state index in [1.807, 2.05) is 6.08 Å². The first-order valence-corrected chi connectivity index (χ1v) is 4.18. The van der Waals surface area contributed by atoms with Crippen molar-refractivity contribution in [1.82, 2.24) is 0 Å². The smallest absolute Gasteiger partial charge is 0.331 e. The van der Waals surface area contributed by atoms with Crippen LogP contribution >= 0.6 is 0 Å². The van der Waals surface area contributed by atoms with Gasteiger partial charge in [-0.05, 0) is 31.6 Å². The minimum Gasteiger partial charge on any atom is -0.478 e. The third-order valence-corrected chi connectivity index (χ3v) is 2.26. The van der Waals surface area contributed by atoms with E-state index in [4.69, 9.17) is 5.11 Å². The summed E-state index contributed by atoms with van der Waals surface area (Å²) in [7, 11) is 0. The SMILES string of the molecule is CCC1C=C(C(=O)O)CCC1. The lowest BCUT2D eigenvalue weighted by Gasteiger charge is -2.16. The second kappa shape index (κ2) is 3.56. The first kappa shape index (κ1) is 8.31. The van der Waals surface area contributed by atoms with Crippen LogP contribution in [-0.2, 0) is 4.79 Å². The van der Waals surface area contributed by atoms with Gasteiger partial charge < -0.3 is 5.11 Å². The Balaban J connectivity index is 2.64. The molecule has 0 saturated heterocycles. The summed E-state index contributed by atoms with van der Waals surface area (Å²) in [6, 6.07) is 0. The molecule has 0 amide bonds. The van der Waals surface area contributed by atoms with Crippen LogP contribution in [0.25, 0.3) is 0 Å². The molecule has 0 heterocycles. The van der Waals surface area contributed by atoms with Gasteiger partial charge >= 0.3 is 5.97 Å². The van der Waals surface area contributed by atoms with Crippen LogP contribution in [0.3, 0.4) is 0 Å². The summed E-state index contributed by atoms with van der Waals surface area (Å²) in [4.78, 5) is 10.5. The summed E-state index contributed by atoms with van der Waals surface area (Å²) in [6.45, 7) is 2.10. The molecule has 0 fully saturated rings. The van der Waals surface area contributed by atoms with Gasteiger partial charge in [-0.1, -0.05) is 13.0 Å². The van der Waals surface area contributed by atoms with Crippen molar-refractivity contribution < 1.29 is 9.90 Å². The summed E-state index contributed by atoms with van der Waals surface area (Å²) < 4.78 is 0. The van der Waals surface area contributed by atoms with Gasteiger partial charge in [-0.3, -0.25) is 0 Å². The van der Waals surface area contributed by atoms with Crippen molar-refractivity contribution in [2.45, 2.75) is 32.6 Å². The molecule has 0 aromatic rings. The van der Waals surface area contributed by atoms with Gasteiger partial charge in [-0.2, -0.15) is 0 Å². The zero-order valence-corrected chi connectivity index (χ0v) is 6.84. The summed E-state index contributed by atoms with van der Waals surface area (Å²) in [6.07, 6.45) is 5.94. The molecular weight excluding hydrogens is 140 g/mol. The summed E-state index contributed by atoms with van der Waals surface area (Å²) in [5.41, 5.74) is 0.614. The molecule has 62 valence electrons. The number of carboxylic acid groups (broad SMARTS) is 1. The Morgan fingerprint density at radius 2 is 2.55 bits per heavy atom. The molecule has 0 aliphatic heterocycles. The minimum absolute atomic E-state index is 0.509. The van der Waals surface area contributed by atoms with Gasteiger partial charge in [-0.15, -0.1) is 0 Å². The largest absolute Gasteiger partial charge is 0.478 e. The maximum Gasteiger partial charge on any atom is 0.331 e. The van der Waals surface area contributed by atoms with Crippen molar-refractivity contribution in [3.63, 3.8) is 0 Å². The summed E-state index contributed by atoms with van der Waals surface area (Å²) in [5.74, 6) is -0.224. The van der Waals surface area contributed by atoms with Gasteiger partial charge in [0.2, 0.25) is 0 Å². The normalized spacial score (nSPS) is 24.5. The van der Waals surface area contributed by atoms with Crippen LogP contribution in [0.5, 0.6) is 0 Å². The van der Waals surface area contributed by atoms with Crippen LogP contribution in [-0.4, -0.2) is 11.1 Å². The van der Waals surface area contributed by atoms with Crippen molar-refractivity contribution in [3.05, 3.63) is 11.6 Å². The number of carboxylic acids is 1. The second-order valence-electron chi connectivity index (χ2n) is 3.06. The van der Waals surface area contributed by atoms with Crippen LogP contribution in [0.4, 0.5) is 0 Å².